The van der Waals surface area contributed by atoms with E-state index in [1.54, 1.807) is 6.92 Å². The van der Waals surface area contributed by atoms with Crippen molar-refractivity contribution in [1.82, 2.24) is 5.32 Å². The quantitative estimate of drug-likeness (QED) is 0.343. The molecule has 0 radical (unpaired) electrons. The van der Waals surface area contributed by atoms with Crippen LogP contribution in [0.25, 0.3) is 0 Å². The highest BCUT2D eigenvalue weighted by atomic mass is 16.6. The summed E-state index contributed by atoms with van der Waals surface area (Å²) in [7, 11) is 1.11. The molecule has 10 nitrogen and oxygen atoms in total. The zero-order chi connectivity index (χ0) is 19.4. The van der Waals surface area contributed by atoms with Crippen molar-refractivity contribution in [3.63, 3.8) is 0 Å². The lowest BCUT2D eigenvalue weighted by Crippen LogP contribution is -2.33. The summed E-state index contributed by atoms with van der Waals surface area (Å²) in [6.45, 7) is 3.18. The number of nitro groups is 1. The molecule has 0 bridgehead atoms. The molecule has 0 saturated heterocycles. The first-order valence-electron chi connectivity index (χ1n) is 7.52. The van der Waals surface area contributed by atoms with E-state index >= 15 is 0 Å². The summed E-state index contributed by atoms with van der Waals surface area (Å²) >= 11 is 0. The van der Waals surface area contributed by atoms with Gasteiger partial charge in [0, 0.05) is 5.70 Å². The van der Waals surface area contributed by atoms with Crippen LogP contribution in [0.15, 0.2) is 39.1 Å². The lowest BCUT2D eigenvalue weighted by atomic mass is 9.83. The topological polar surface area (TPSA) is 138 Å². The predicted molar refractivity (Wildman–Crippen MR) is 85.7 cm³/mol. The van der Waals surface area contributed by atoms with Crippen LogP contribution in [0, 0.1) is 10.1 Å². The number of nitrogens with one attached hydrogen (secondary N) is 1. The molecule has 10 heteroatoms. The number of rotatable bonds is 6. The van der Waals surface area contributed by atoms with Crippen LogP contribution in [-0.2, 0) is 23.9 Å². The largest absolute Gasteiger partial charge is 0.466 e. The van der Waals surface area contributed by atoms with E-state index in [9.17, 15) is 24.5 Å². The average molecular weight is 364 g/mol. The Bertz CT molecular complexity index is 833. The molecule has 0 spiro atoms. The minimum Gasteiger partial charge on any atom is -0.466 e. The zero-order valence-corrected chi connectivity index (χ0v) is 14.2. The molecule has 1 aliphatic rings. The Morgan fingerprint density at radius 2 is 2.04 bits per heavy atom. The molecule has 0 aliphatic carbocycles. The average Bonchev–Trinajstić information content (AvgIpc) is 3.10. The number of carbonyl (C=O) groups excluding carboxylic acids is 3. The standard InChI is InChI=1S/C16H16N2O8/c1-4-25-16(21)12-8(2)17-9(7-19)13(15(20)24-3)14(12)10-5-6-11(26-10)18(22)23/h5-7,14,17H,4H2,1-3H3/t14-/m0/s1. The fourth-order valence-electron chi connectivity index (χ4n) is 2.64. The van der Waals surface area contributed by atoms with Crippen molar-refractivity contribution in [2.75, 3.05) is 13.7 Å². The first kappa shape index (κ1) is 18.9. The fraction of sp³-hybridized carbons (Fsp3) is 0.312. The van der Waals surface area contributed by atoms with Crippen molar-refractivity contribution in [3.8, 4) is 0 Å². The van der Waals surface area contributed by atoms with Gasteiger partial charge in [0.25, 0.3) is 0 Å². The Morgan fingerprint density at radius 3 is 2.54 bits per heavy atom. The molecule has 1 atom stereocenters. The lowest BCUT2D eigenvalue weighted by molar-refractivity contribution is -0.402. The molecule has 1 N–H and O–H groups in total. The number of nitrogens with zero attached hydrogens (tertiary/aromatic N) is 1. The molecule has 0 saturated carbocycles. The highest BCUT2D eigenvalue weighted by Gasteiger charge is 2.41. The summed E-state index contributed by atoms with van der Waals surface area (Å²) in [6, 6.07) is 2.34. The highest BCUT2D eigenvalue weighted by molar-refractivity contribution is 6.03. The highest BCUT2D eigenvalue weighted by Crippen LogP contribution is 2.40. The molecule has 2 rings (SSSR count). The second kappa shape index (κ2) is 7.64. The van der Waals surface area contributed by atoms with Gasteiger partial charge in [-0.25, -0.2) is 9.59 Å². The number of aldehydes is 1. The molecule has 1 aliphatic heterocycles. The Balaban J connectivity index is 2.70. The second-order valence-corrected chi connectivity index (χ2v) is 5.19. The van der Waals surface area contributed by atoms with Gasteiger partial charge in [-0.2, -0.15) is 0 Å². The maximum Gasteiger partial charge on any atom is 0.433 e. The number of dihydropyridines is 1. The molecule has 0 aromatic carbocycles. The number of furan rings is 1. The van der Waals surface area contributed by atoms with Crippen LogP contribution in [0.5, 0.6) is 0 Å². The van der Waals surface area contributed by atoms with Crippen LogP contribution in [0.4, 0.5) is 5.88 Å². The molecule has 1 aromatic heterocycles. The van der Waals surface area contributed by atoms with E-state index in [0.717, 1.165) is 13.2 Å². The van der Waals surface area contributed by atoms with Gasteiger partial charge in [0.15, 0.2) is 6.29 Å². The molecule has 26 heavy (non-hydrogen) atoms. The minimum atomic E-state index is -1.20. The summed E-state index contributed by atoms with van der Waals surface area (Å²) in [5.41, 5.74) is -0.101. The van der Waals surface area contributed by atoms with Gasteiger partial charge in [-0.1, -0.05) is 0 Å². The van der Waals surface area contributed by atoms with E-state index in [1.807, 2.05) is 0 Å². The van der Waals surface area contributed by atoms with E-state index in [1.165, 1.54) is 13.0 Å². The number of ether oxygens (including phenoxy) is 2. The Labute approximate surface area is 147 Å². The van der Waals surface area contributed by atoms with Crippen molar-refractivity contribution < 1.29 is 33.2 Å². The van der Waals surface area contributed by atoms with E-state index in [-0.39, 0.29) is 34.9 Å². The number of hydrogen-bond acceptors (Lipinski definition) is 9. The second-order valence-electron chi connectivity index (χ2n) is 5.19. The number of esters is 2. The van der Waals surface area contributed by atoms with E-state index < -0.39 is 28.7 Å². The maximum absolute atomic E-state index is 12.4. The first-order chi connectivity index (χ1) is 12.3. The van der Waals surface area contributed by atoms with Gasteiger partial charge in [0.1, 0.15) is 10.7 Å². The molecule has 2 heterocycles. The Kier molecular flexibility index (Phi) is 5.55. The number of carbonyl (C=O) groups is 3. The predicted octanol–water partition coefficient (Wildman–Crippen LogP) is 1.34. The van der Waals surface area contributed by atoms with Gasteiger partial charge < -0.3 is 19.2 Å². The van der Waals surface area contributed by atoms with Gasteiger partial charge in [-0.15, -0.1) is 0 Å². The van der Waals surface area contributed by atoms with E-state index in [0.29, 0.717) is 6.29 Å². The normalized spacial score (nSPS) is 16.8. The number of allylic oxidation sites excluding steroid dienone is 2. The molecule has 0 fully saturated rings. The van der Waals surface area contributed by atoms with Crippen molar-refractivity contribution in [2.45, 2.75) is 19.8 Å². The van der Waals surface area contributed by atoms with Crippen molar-refractivity contribution in [1.29, 1.82) is 0 Å². The summed E-state index contributed by atoms with van der Waals surface area (Å²) in [5, 5.41) is 13.6. The van der Waals surface area contributed by atoms with Crippen LogP contribution >= 0.6 is 0 Å². The fourth-order valence-corrected chi connectivity index (χ4v) is 2.64. The minimum absolute atomic E-state index is 0.0119. The monoisotopic (exact) mass is 364 g/mol. The van der Waals surface area contributed by atoms with Crippen LogP contribution in [0.3, 0.4) is 0 Å². The van der Waals surface area contributed by atoms with E-state index in [4.69, 9.17) is 13.9 Å². The number of methoxy groups -OCH3 is 1. The van der Waals surface area contributed by atoms with Gasteiger partial charge in [-0.05, 0) is 19.9 Å². The van der Waals surface area contributed by atoms with Crippen LogP contribution < -0.4 is 5.32 Å². The third kappa shape index (κ3) is 3.34. The summed E-state index contributed by atoms with van der Waals surface area (Å²) < 4.78 is 14.9. The third-order valence-electron chi connectivity index (χ3n) is 3.69. The van der Waals surface area contributed by atoms with Gasteiger partial charge >= 0.3 is 17.8 Å². The Hall–Kier alpha value is -3.43. The lowest BCUT2D eigenvalue weighted by Gasteiger charge is -2.27. The molecular weight excluding hydrogens is 348 g/mol. The molecule has 0 unspecified atom stereocenters. The maximum atomic E-state index is 12.4. The van der Waals surface area contributed by atoms with Gasteiger partial charge in [0.05, 0.1) is 42.5 Å². The molecule has 0 amide bonds. The number of hydrogen-bond donors (Lipinski definition) is 1. The Morgan fingerprint density at radius 1 is 1.35 bits per heavy atom. The van der Waals surface area contributed by atoms with Crippen LogP contribution in [-0.4, -0.2) is 36.9 Å². The van der Waals surface area contributed by atoms with Crippen LogP contribution in [0.2, 0.25) is 0 Å². The summed E-state index contributed by atoms with van der Waals surface area (Å²) in [5.74, 6) is -3.49. The summed E-state index contributed by atoms with van der Waals surface area (Å²) in [4.78, 5) is 46.3. The SMILES string of the molecule is CCOC(=O)C1=C(C)NC(C=O)=C(C(=O)OC)[C@H]1c1ccc([N+](=O)[O-])o1. The van der Waals surface area contributed by atoms with Crippen molar-refractivity contribution in [3.05, 3.63) is 50.5 Å². The third-order valence-corrected chi connectivity index (χ3v) is 3.69. The van der Waals surface area contributed by atoms with Crippen molar-refractivity contribution in [2.24, 2.45) is 0 Å². The molecular formula is C16H16N2O8. The van der Waals surface area contributed by atoms with Gasteiger partial charge in [0.2, 0.25) is 0 Å². The van der Waals surface area contributed by atoms with Crippen molar-refractivity contribution >= 4 is 24.1 Å². The van der Waals surface area contributed by atoms with Gasteiger partial charge in [-0.3, -0.25) is 14.9 Å². The molecule has 138 valence electrons. The zero-order valence-electron chi connectivity index (χ0n) is 14.2. The van der Waals surface area contributed by atoms with Crippen LogP contribution in [0.1, 0.15) is 25.5 Å². The first-order valence-corrected chi connectivity index (χ1v) is 7.52. The smallest absolute Gasteiger partial charge is 0.433 e. The summed E-state index contributed by atoms with van der Waals surface area (Å²) in [6.07, 6.45) is 0.391. The van der Waals surface area contributed by atoms with E-state index in [2.05, 4.69) is 5.32 Å². The molecule has 1 aromatic rings.